The number of hydrogen-bond donors (Lipinski definition) is 2. The molecule has 5 heteroatoms. The van der Waals surface area contributed by atoms with Gasteiger partial charge in [0, 0.05) is 12.6 Å². The van der Waals surface area contributed by atoms with Crippen LogP contribution in [0.1, 0.15) is 19.8 Å². The highest BCUT2D eigenvalue weighted by molar-refractivity contribution is 5.28. The van der Waals surface area contributed by atoms with Crippen molar-refractivity contribution >= 4 is 5.95 Å². The second-order valence-electron chi connectivity index (χ2n) is 3.21. The zero-order chi connectivity index (χ0) is 11.1. The molecule has 1 rings (SSSR count). The fraction of sp³-hybridized carbons (Fsp3) is 0.600. The van der Waals surface area contributed by atoms with Crippen molar-refractivity contribution < 1.29 is 9.84 Å². The fourth-order valence-corrected chi connectivity index (χ4v) is 1.21. The number of hydrogen-bond acceptors (Lipinski definition) is 5. The average molecular weight is 211 g/mol. The third kappa shape index (κ3) is 3.71. The van der Waals surface area contributed by atoms with E-state index in [1.807, 2.05) is 0 Å². The molecule has 5 nitrogen and oxygen atoms in total. The van der Waals surface area contributed by atoms with Gasteiger partial charge in [0.15, 0.2) is 5.75 Å². The maximum Gasteiger partial charge on any atom is 0.223 e. The second kappa shape index (κ2) is 6.19. The first-order valence-corrected chi connectivity index (χ1v) is 5.03. The Morgan fingerprint density at radius 1 is 1.47 bits per heavy atom. The molecule has 0 aliphatic heterocycles. The van der Waals surface area contributed by atoms with E-state index in [1.54, 1.807) is 19.5 Å². The van der Waals surface area contributed by atoms with Crippen LogP contribution in [0.2, 0.25) is 0 Å². The number of nitrogens with zero attached hydrogens (tertiary/aromatic N) is 2. The standard InChI is InChI=1S/C10H17N3O2/c1-3-8(4-5-14)13-10-11-6-9(15-2)7-12-10/h6-8,14H,3-5H2,1-2H3,(H,11,12,13). The first-order chi connectivity index (χ1) is 7.30. The molecule has 0 aromatic carbocycles. The van der Waals surface area contributed by atoms with Crippen molar-refractivity contribution in [2.24, 2.45) is 0 Å². The van der Waals surface area contributed by atoms with E-state index in [1.165, 1.54) is 0 Å². The van der Waals surface area contributed by atoms with Gasteiger partial charge in [-0.3, -0.25) is 0 Å². The smallest absolute Gasteiger partial charge is 0.223 e. The molecule has 0 spiro atoms. The van der Waals surface area contributed by atoms with Gasteiger partial charge in [0.05, 0.1) is 19.5 Å². The molecule has 0 aliphatic carbocycles. The third-order valence-electron chi connectivity index (χ3n) is 2.17. The van der Waals surface area contributed by atoms with E-state index >= 15 is 0 Å². The molecule has 1 atom stereocenters. The van der Waals surface area contributed by atoms with Crippen LogP contribution in [0, 0.1) is 0 Å². The van der Waals surface area contributed by atoms with Gasteiger partial charge in [0.1, 0.15) is 0 Å². The Morgan fingerprint density at radius 3 is 2.60 bits per heavy atom. The summed E-state index contributed by atoms with van der Waals surface area (Å²) in [5.74, 6) is 1.20. The molecule has 0 fully saturated rings. The lowest BCUT2D eigenvalue weighted by atomic mass is 10.2. The van der Waals surface area contributed by atoms with Crippen molar-refractivity contribution in [1.82, 2.24) is 9.97 Å². The molecule has 15 heavy (non-hydrogen) atoms. The van der Waals surface area contributed by atoms with Gasteiger partial charge in [-0.05, 0) is 12.8 Å². The van der Waals surface area contributed by atoms with Crippen molar-refractivity contribution in [3.63, 3.8) is 0 Å². The molecule has 0 bridgehead atoms. The molecule has 0 radical (unpaired) electrons. The molecule has 84 valence electrons. The Morgan fingerprint density at radius 2 is 2.13 bits per heavy atom. The Hall–Kier alpha value is -1.36. The van der Waals surface area contributed by atoms with Crippen LogP contribution in [0.4, 0.5) is 5.95 Å². The molecule has 0 amide bonds. The summed E-state index contributed by atoms with van der Waals surface area (Å²) >= 11 is 0. The van der Waals surface area contributed by atoms with E-state index in [0.29, 0.717) is 18.1 Å². The van der Waals surface area contributed by atoms with Gasteiger partial charge in [0.2, 0.25) is 5.95 Å². The first kappa shape index (κ1) is 11.7. The lowest BCUT2D eigenvalue weighted by molar-refractivity contribution is 0.278. The summed E-state index contributed by atoms with van der Waals surface area (Å²) in [7, 11) is 1.58. The van der Waals surface area contributed by atoms with E-state index < -0.39 is 0 Å². The van der Waals surface area contributed by atoms with Crippen LogP contribution in [-0.4, -0.2) is 34.8 Å². The molecule has 1 heterocycles. The molecule has 1 aromatic rings. The summed E-state index contributed by atoms with van der Waals surface area (Å²) in [6, 6.07) is 0.211. The quantitative estimate of drug-likeness (QED) is 0.736. The van der Waals surface area contributed by atoms with E-state index in [2.05, 4.69) is 22.2 Å². The van der Waals surface area contributed by atoms with Crippen LogP contribution in [0.3, 0.4) is 0 Å². The predicted octanol–water partition coefficient (Wildman–Crippen LogP) is 1.06. The average Bonchev–Trinajstić information content (AvgIpc) is 2.29. The number of methoxy groups -OCH3 is 1. The number of aliphatic hydroxyl groups excluding tert-OH is 1. The maximum atomic E-state index is 8.83. The number of anilines is 1. The number of nitrogens with one attached hydrogen (secondary N) is 1. The number of ether oxygens (including phenoxy) is 1. The zero-order valence-electron chi connectivity index (χ0n) is 9.10. The third-order valence-corrected chi connectivity index (χ3v) is 2.17. The highest BCUT2D eigenvalue weighted by Gasteiger charge is 2.06. The highest BCUT2D eigenvalue weighted by Crippen LogP contribution is 2.10. The molecule has 2 N–H and O–H groups in total. The summed E-state index contributed by atoms with van der Waals surface area (Å²) in [5.41, 5.74) is 0. The van der Waals surface area contributed by atoms with Gasteiger partial charge in [-0.25, -0.2) is 9.97 Å². The summed E-state index contributed by atoms with van der Waals surface area (Å²) < 4.78 is 4.96. The summed E-state index contributed by atoms with van der Waals surface area (Å²) in [4.78, 5) is 8.18. The predicted molar refractivity (Wildman–Crippen MR) is 58.0 cm³/mol. The lowest BCUT2D eigenvalue weighted by Crippen LogP contribution is -2.21. The SMILES string of the molecule is CCC(CCO)Nc1ncc(OC)cn1. The zero-order valence-corrected chi connectivity index (χ0v) is 9.10. The van der Waals surface area contributed by atoms with E-state index in [9.17, 15) is 0 Å². The van der Waals surface area contributed by atoms with Crippen LogP contribution >= 0.6 is 0 Å². The summed E-state index contributed by atoms with van der Waals surface area (Å²) in [6.07, 6.45) is 4.85. The fourth-order valence-electron chi connectivity index (χ4n) is 1.21. The molecule has 0 saturated heterocycles. The summed E-state index contributed by atoms with van der Waals surface area (Å²) in [5, 5.41) is 12.0. The Bertz CT molecular complexity index is 277. The topological polar surface area (TPSA) is 67.3 Å². The number of aliphatic hydroxyl groups is 1. The first-order valence-electron chi connectivity index (χ1n) is 5.03. The van der Waals surface area contributed by atoms with Crippen LogP contribution in [0.5, 0.6) is 5.75 Å². The van der Waals surface area contributed by atoms with E-state index in [4.69, 9.17) is 9.84 Å². The minimum absolute atomic E-state index is 0.168. The van der Waals surface area contributed by atoms with E-state index in [0.717, 1.165) is 6.42 Å². The van der Waals surface area contributed by atoms with Gasteiger partial charge in [-0.15, -0.1) is 0 Å². The lowest BCUT2D eigenvalue weighted by Gasteiger charge is -2.15. The Balaban J connectivity index is 2.55. The largest absolute Gasteiger partial charge is 0.494 e. The van der Waals surface area contributed by atoms with Crippen LogP contribution in [0.25, 0.3) is 0 Å². The Labute approximate surface area is 89.5 Å². The van der Waals surface area contributed by atoms with Crippen molar-refractivity contribution in [2.75, 3.05) is 19.0 Å². The van der Waals surface area contributed by atoms with Gasteiger partial charge in [-0.1, -0.05) is 6.92 Å². The molecule has 0 saturated carbocycles. The molecule has 1 aromatic heterocycles. The highest BCUT2D eigenvalue weighted by atomic mass is 16.5. The van der Waals surface area contributed by atoms with Crippen molar-refractivity contribution in [3.05, 3.63) is 12.4 Å². The van der Waals surface area contributed by atoms with Crippen molar-refractivity contribution in [2.45, 2.75) is 25.8 Å². The monoisotopic (exact) mass is 211 g/mol. The van der Waals surface area contributed by atoms with E-state index in [-0.39, 0.29) is 12.6 Å². The van der Waals surface area contributed by atoms with Gasteiger partial charge in [0.25, 0.3) is 0 Å². The minimum atomic E-state index is 0.168. The van der Waals surface area contributed by atoms with Crippen LogP contribution in [0.15, 0.2) is 12.4 Å². The van der Waals surface area contributed by atoms with Crippen molar-refractivity contribution in [1.29, 1.82) is 0 Å². The van der Waals surface area contributed by atoms with Gasteiger partial charge >= 0.3 is 0 Å². The minimum Gasteiger partial charge on any atom is -0.494 e. The summed E-state index contributed by atoms with van der Waals surface area (Å²) in [6.45, 7) is 2.22. The number of rotatable bonds is 6. The van der Waals surface area contributed by atoms with Crippen LogP contribution < -0.4 is 10.1 Å². The maximum absolute atomic E-state index is 8.83. The normalized spacial score (nSPS) is 12.2. The Kier molecular flexibility index (Phi) is 4.83. The molecule has 0 aliphatic rings. The van der Waals surface area contributed by atoms with Gasteiger partial charge < -0.3 is 15.2 Å². The van der Waals surface area contributed by atoms with Crippen LogP contribution in [-0.2, 0) is 0 Å². The molecular formula is C10H17N3O2. The van der Waals surface area contributed by atoms with Crippen molar-refractivity contribution in [3.8, 4) is 5.75 Å². The second-order valence-corrected chi connectivity index (χ2v) is 3.21. The number of aromatic nitrogens is 2. The van der Waals surface area contributed by atoms with Gasteiger partial charge in [-0.2, -0.15) is 0 Å². The molecular weight excluding hydrogens is 194 g/mol. The molecule has 1 unspecified atom stereocenters.